The standard InChI is InChI=1S/C24H19ClF2N4O2S/c1-31(21-11-10-18(26)14-20(21)27)15-16-6-8-17(9-7-16)23-24(29-13-12-28-23)30-34(32,33)22-5-3-2-4-19(22)25/h2-14H,15H2,1H3,(H,29,30). The minimum atomic E-state index is -3.99. The molecule has 0 fully saturated rings. The zero-order valence-electron chi connectivity index (χ0n) is 17.9. The maximum Gasteiger partial charge on any atom is 0.264 e. The summed E-state index contributed by atoms with van der Waals surface area (Å²) in [4.78, 5) is 10.0. The Hall–Kier alpha value is -3.56. The van der Waals surface area contributed by atoms with Crippen LogP contribution in [-0.4, -0.2) is 25.4 Å². The summed E-state index contributed by atoms with van der Waals surface area (Å²) in [6.07, 6.45) is 2.84. The summed E-state index contributed by atoms with van der Waals surface area (Å²) in [5.74, 6) is -1.22. The lowest BCUT2D eigenvalue weighted by Gasteiger charge is -2.20. The van der Waals surface area contributed by atoms with Crippen molar-refractivity contribution < 1.29 is 17.2 Å². The van der Waals surface area contributed by atoms with E-state index in [1.807, 2.05) is 12.1 Å². The minimum Gasteiger partial charge on any atom is -0.368 e. The fraction of sp³-hybridized carbons (Fsp3) is 0.0833. The summed E-state index contributed by atoms with van der Waals surface area (Å²) >= 11 is 6.05. The number of halogens is 3. The van der Waals surface area contributed by atoms with Gasteiger partial charge in [-0.05, 0) is 29.8 Å². The molecule has 0 unspecified atom stereocenters. The van der Waals surface area contributed by atoms with Gasteiger partial charge in [0.25, 0.3) is 10.0 Å². The van der Waals surface area contributed by atoms with Crippen molar-refractivity contribution in [3.63, 3.8) is 0 Å². The topological polar surface area (TPSA) is 75.2 Å². The predicted molar refractivity (Wildman–Crippen MR) is 128 cm³/mol. The molecule has 6 nitrogen and oxygen atoms in total. The molecule has 1 aromatic heterocycles. The Morgan fingerprint density at radius 2 is 1.68 bits per heavy atom. The second-order valence-corrected chi connectivity index (χ2v) is 9.50. The van der Waals surface area contributed by atoms with E-state index in [1.54, 1.807) is 36.2 Å². The monoisotopic (exact) mass is 500 g/mol. The lowest BCUT2D eigenvalue weighted by Crippen LogP contribution is -2.17. The van der Waals surface area contributed by atoms with Crippen molar-refractivity contribution in [2.24, 2.45) is 0 Å². The summed E-state index contributed by atoms with van der Waals surface area (Å²) < 4.78 is 55.4. The average molecular weight is 501 g/mol. The van der Waals surface area contributed by atoms with Crippen LogP contribution in [0.2, 0.25) is 5.02 Å². The Balaban J connectivity index is 1.56. The summed E-state index contributed by atoms with van der Waals surface area (Å²) in [5.41, 5.74) is 2.10. The van der Waals surface area contributed by atoms with Gasteiger partial charge in [-0.15, -0.1) is 0 Å². The van der Waals surface area contributed by atoms with E-state index in [-0.39, 0.29) is 21.4 Å². The molecule has 0 aliphatic carbocycles. The first-order valence-corrected chi connectivity index (χ1v) is 11.9. The molecule has 1 heterocycles. The molecular weight excluding hydrogens is 482 g/mol. The van der Waals surface area contributed by atoms with Gasteiger partial charge in [0, 0.05) is 37.6 Å². The lowest BCUT2D eigenvalue weighted by atomic mass is 10.1. The van der Waals surface area contributed by atoms with Crippen molar-refractivity contribution in [1.29, 1.82) is 0 Å². The van der Waals surface area contributed by atoms with Gasteiger partial charge in [0.15, 0.2) is 5.82 Å². The third kappa shape index (κ3) is 5.16. The number of sulfonamides is 1. The lowest BCUT2D eigenvalue weighted by molar-refractivity contribution is 0.580. The number of aromatic nitrogens is 2. The zero-order valence-corrected chi connectivity index (χ0v) is 19.5. The number of nitrogens with zero attached hydrogens (tertiary/aromatic N) is 3. The number of hydrogen-bond donors (Lipinski definition) is 1. The summed E-state index contributed by atoms with van der Waals surface area (Å²) in [5, 5.41) is 0.0894. The second-order valence-electron chi connectivity index (χ2n) is 7.44. The quantitative estimate of drug-likeness (QED) is 0.362. The first-order valence-electron chi connectivity index (χ1n) is 10.1. The minimum absolute atomic E-state index is 0.0562. The van der Waals surface area contributed by atoms with Crippen LogP contribution < -0.4 is 9.62 Å². The molecule has 0 saturated carbocycles. The molecule has 34 heavy (non-hydrogen) atoms. The molecule has 0 aliphatic heterocycles. The van der Waals surface area contributed by atoms with Crippen LogP contribution in [0.1, 0.15) is 5.56 Å². The zero-order chi connectivity index (χ0) is 24.3. The van der Waals surface area contributed by atoms with E-state index in [0.29, 0.717) is 17.8 Å². The average Bonchev–Trinajstić information content (AvgIpc) is 2.80. The van der Waals surface area contributed by atoms with Gasteiger partial charge in [-0.1, -0.05) is 48.0 Å². The highest BCUT2D eigenvalue weighted by Gasteiger charge is 2.21. The van der Waals surface area contributed by atoms with Crippen LogP contribution in [0.3, 0.4) is 0 Å². The van der Waals surface area contributed by atoms with Gasteiger partial charge in [0.2, 0.25) is 0 Å². The fourth-order valence-corrected chi connectivity index (χ4v) is 4.92. The molecule has 0 spiro atoms. The van der Waals surface area contributed by atoms with E-state index >= 15 is 0 Å². The van der Waals surface area contributed by atoms with Crippen LogP contribution in [0.5, 0.6) is 0 Å². The largest absolute Gasteiger partial charge is 0.368 e. The second kappa shape index (κ2) is 9.74. The third-order valence-electron chi connectivity index (χ3n) is 5.02. The van der Waals surface area contributed by atoms with Crippen molar-refractivity contribution in [1.82, 2.24) is 9.97 Å². The van der Waals surface area contributed by atoms with Gasteiger partial charge in [-0.2, -0.15) is 0 Å². The van der Waals surface area contributed by atoms with Crippen LogP contribution in [0.25, 0.3) is 11.3 Å². The number of hydrogen-bond acceptors (Lipinski definition) is 5. The molecule has 0 saturated heterocycles. The Bertz CT molecular complexity index is 1430. The van der Waals surface area contributed by atoms with Crippen molar-refractivity contribution in [3.05, 3.63) is 101 Å². The van der Waals surface area contributed by atoms with E-state index in [0.717, 1.165) is 11.6 Å². The highest BCUT2D eigenvalue weighted by atomic mass is 35.5. The van der Waals surface area contributed by atoms with E-state index in [2.05, 4.69) is 14.7 Å². The summed E-state index contributed by atoms with van der Waals surface area (Å²) in [6.45, 7) is 0.370. The number of benzene rings is 3. The smallest absolute Gasteiger partial charge is 0.264 e. The van der Waals surface area contributed by atoms with E-state index in [1.165, 1.54) is 36.7 Å². The van der Waals surface area contributed by atoms with Crippen LogP contribution >= 0.6 is 11.6 Å². The van der Waals surface area contributed by atoms with Gasteiger partial charge < -0.3 is 4.90 Å². The Morgan fingerprint density at radius 1 is 0.971 bits per heavy atom. The number of rotatable bonds is 7. The number of nitrogens with one attached hydrogen (secondary N) is 1. The SMILES string of the molecule is CN(Cc1ccc(-c2nccnc2NS(=O)(=O)c2ccccc2Cl)cc1)c1ccc(F)cc1F. The van der Waals surface area contributed by atoms with Crippen LogP contribution in [0.15, 0.2) is 84.0 Å². The molecular formula is C24H19ClF2N4O2S. The highest BCUT2D eigenvalue weighted by Crippen LogP contribution is 2.28. The van der Waals surface area contributed by atoms with Crippen LogP contribution in [0.4, 0.5) is 20.3 Å². The Morgan fingerprint density at radius 3 is 2.38 bits per heavy atom. The fourth-order valence-electron chi connectivity index (χ4n) is 3.39. The molecule has 10 heteroatoms. The maximum atomic E-state index is 14.1. The van der Waals surface area contributed by atoms with Crippen molar-refractivity contribution >= 4 is 33.1 Å². The molecule has 174 valence electrons. The first kappa shape index (κ1) is 23.6. The van der Waals surface area contributed by atoms with Crippen LogP contribution in [-0.2, 0) is 16.6 Å². The van der Waals surface area contributed by atoms with Crippen molar-refractivity contribution in [2.45, 2.75) is 11.4 Å². The predicted octanol–water partition coefficient (Wildman–Crippen LogP) is 5.51. The Labute approximate surface area is 200 Å². The maximum absolute atomic E-state index is 14.1. The molecule has 1 N–H and O–H groups in total. The molecule has 0 atom stereocenters. The molecule has 0 aliphatic rings. The normalized spacial score (nSPS) is 11.3. The van der Waals surface area contributed by atoms with Gasteiger partial charge in [-0.3, -0.25) is 9.71 Å². The molecule has 4 aromatic rings. The molecule has 0 radical (unpaired) electrons. The van der Waals surface area contributed by atoms with E-state index in [4.69, 9.17) is 11.6 Å². The van der Waals surface area contributed by atoms with Crippen LogP contribution in [0, 0.1) is 11.6 Å². The number of anilines is 2. The Kier molecular flexibility index (Phi) is 6.76. The summed E-state index contributed by atoms with van der Waals surface area (Å²) in [7, 11) is -2.29. The first-order chi connectivity index (χ1) is 16.2. The summed E-state index contributed by atoms with van der Waals surface area (Å²) in [6, 6.07) is 16.7. The van der Waals surface area contributed by atoms with E-state index in [9.17, 15) is 17.2 Å². The van der Waals surface area contributed by atoms with Gasteiger partial charge >= 0.3 is 0 Å². The molecule has 3 aromatic carbocycles. The molecule has 0 bridgehead atoms. The highest BCUT2D eigenvalue weighted by molar-refractivity contribution is 7.92. The van der Waals surface area contributed by atoms with Crippen molar-refractivity contribution in [3.8, 4) is 11.3 Å². The van der Waals surface area contributed by atoms with Gasteiger partial charge in [-0.25, -0.2) is 22.2 Å². The van der Waals surface area contributed by atoms with Gasteiger partial charge in [0.05, 0.1) is 10.7 Å². The molecule has 4 rings (SSSR count). The molecule has 0 amide bonds. The third-order valence-corrected chi connectivity index (χ3v) is 6.86. The van der Waals surface area contributed by atoms with Gasteiger partial charge in [0.1, 0.15) is 22.2 Å². The van der Waals surface area contributed by atoms with E-state index < -0.39 is 21.7 Å². The van der Waals surface area contributed by atoms with Crippen molar-refractivity contribution in [2.75, 3.05) is 16.7 Å².